The van der Waals surface area contributed by atoms with Crippen molar-refractivity contribution in [3.63, 3.8) is 0 Å². The maximum absolute atomic E-state index is 12.3. The van der Waals surface area contributed by atoms with Crippen molar-refractivity contribution in [2.24, 2.45) is 5.92 Å². The van der Waals surface area contributed by atoms with Gasteiger partial charge in [0, 0.05) is 34.9 Å². The highest BCUT2D eigenvalue weighted by atomic mass is 35.5. The Hall–Kier alpha value is -3.39. The molecule has 4 aromatic rings. The first-order valence-electron chi connectivity index (χ1n) is 13.1. The largest absolute Gasteiger partial charge is 0.351 e. The molecule has 1 saturated heterocycles. The Morgan fingerprint density at radius 2 is 1.82 bits per heavy atom. The number of nitrogens with zero attached hydrogens (tertiary/aromatic N) is 3. The molecule has 2 aromatic carbocycles. The summed E-state index contributed by atoms with van der Waals surface area (Å²) in [4.78, 5) is 19.2. The van der Waals surface area contributed by atoms with Crippen LogP contribution in [0, 0.1) is 26.7 Å². The summed E-state index contributed by atoms with van der Waals surface area (Å²) in [5.41, 5.74) is 7.51. The lowest BCUT2D eigenvalue weighted by Gasteiger charge is -2.29. The van der Waals surface area contributed by atoms with Crippen molar-refractivity contribution >= 4 is 57.8 Å². The van der Waals surface area contributed by atoms with Crippen LogP contribution in [0.5, 0.6) is 0 Å². The van der Waals surface area contributed by atoms with Crippen LogP contribution in [0.3, 0.4) is 0 Å². The van der Waals surface area contributed by atoms with Crippen LogP contribution in [0.25, 0.3) is 5.69 Å². The van der Waals surface area contributed by atoms with Crippen molar-refractivity contribution in [2.45, 2.75) is 46.7 Å². The lowest BCUT2D eigenvalue weighted by atomic mass is 9.96. The molecule has 6 nitrogen and oxygen atoms in total. The van der Waals surface area contributed by atoms with E-state index in [9.17, 15) is 4.79 Å². The number of carbonyl (C=O) groups is 1. The average molecular weight is 593 g/mol. The van der Waals surface area contributed by atoms with E-state index in [0.29, 0.717) is 15.2 Å². The summed E-state index contributed by atoms with van der Waals surface area (Å²) in [6.07, 6.45) is 1.80. The van der Waals surface area contributed by atoms with Gasteiger partial charge in [-0.1, -0.05) is 49.2 Å². The van der Waals surface area contributed by atoms with Crippen LogP contribution in [0.2, 0.25) is 10.0 Å². The first-order valence-corrected chi connectivity index (χ1v) is 14.3. The quantitative estimate of drug-likeness (QED) is 0.223. The summed E-state index contributed by atoms with van der Waals surface area (Å²) >= 11 is 19.0. The van der Waals surface area contributed by atoms with Gasteiger partial charge in [-0.15, -0.1) is 0 Å². The number of aryl methyl sites for hydroxylation is 2. The van der Waals surface area contributed by atoms with E-state index in [1.165, 1.54) is 0 Å². The van der Waals surface area contributed by atoms with Gasteiger partial charge in [0.1, 0.15) is 0 Å². The summed E-state index contributed by atoms with van der Waals surface area (Å²) in [7, 11) is 0. The maximum Gasteiger partial charge on any atom is 0.226 e. The van der Waals surface area contributed by atoms with Crippen LogP contribution < -0.4 is 15.5 Å². The van der Waals surface area contributed by atoms with Crippen LogP contribution >= 0.6 is 35.4 Å². The fourth-order valence-electron chi connectivity index (χ4n) is 5.29. The molecule has 9 heteroatoms. The molecule has 1 fully saturated rings. The zero-order valence-electron chi connectivity index (χ0n) is 23.0. The smallest absolute Gasteiger partial charge is 0.226 e. The second-order valence-corrected chi connectivity index (χ2v) is 11.5. The number of hydrogen-bond acceptors (Lipinski definition) is 3. The molecule has 1 aliphatic rings. The van der Waals surface area contributed by atoms with E-state index in [0.717, 1.165) is 45.3 Å². The third-order valence-electron chi connectivity index (χ3n) is 7.33. The predicted octanol–water partition coefficient (Wildman–Crippen LogP) is 7.88. The van der Waals surface area contributed by atoms with Gasteiger partial charge in [-0.3, -0.25) is 9.78 Å². The summed E-state index contributed by atoms with van der Waals surface area (Å²) in [6.45, 7) is 9.89. The summed E-state index contributed by atoms with van der Waals surface area (Å²) < 4.78 is 2.13. The van der Waals surface area contributed by atoms with E-state index in [1.807, 2.05) is 63.2 Å². The molecule has 1 aliphatic heterocycles. The van der Waals surface area contributed by atoms with E-state index in [1.54, 1.807) is 12.3 Å². The van der Waals surface area contributed by atoms with Crippen LogP contribution in [-0.4, -0.2) is 20.6 Å². The van der Waals surface area contributed by atoms with Crippen molar-refractivity contribution in [2.75, 3.05) is 10.2 Å². The van der Waals surface area contributed by atoms with Crippen molar-refractivity contribution < 1.29 is 4.79 Å². The van der Waals surface area contributed by atoms with Crippen molar-refractivity contribution in [3.05, 3.63) is 105 Å². The van der Waals surface area contributed by atoms with Gasteiger partial charge in [0.2, 0.25) is 5.91 Å². The molecular weight excluding hydrogens is 561 g/mol. The summed E-state index contributed by atoms with van der Waals surface area (Å²) in [5, 5.41) is 8.17. The van der Waals surface area contributed by atoms with Gasteiger partial charge in [-0.25, -0.2) is 0 Å². The van der Waals surface area contributed by atoms with E-state index < -0.39 is 0 Å². The molecule has 0 bridgehead atoms. The molecule has 2 atom stereocenters. The van der Waals surface area contributed by atoms with Crippen LogP contribution in [0.15, 0.2) is 66.9 Å². The number of carbonyl (C=O) groups excluding carboxylic acids is 1. The van der Waals surface area contributed by atoms with Crippen molar-refractivity contribution in [1.82, 2.24) is 14.9 Å². The highest BCUT2D eigenvalue weighted by Crippen LogP contribution is 2.45. The van der Waals surface area contributed by atoms with Gasteiger partial charge in [0.15, 0.2) is 5.11 Å². The Morgan fingerprint density at radius 1 is 1.05 bits per heavy atom. The Morgan fingerprint density at radius 3 is 2.50 bits per heavy atom. The fourth-order valence-corrected chi connectivity index (χ4v) is 6.01. The molecule has 206 valence electrons. The highest BCUT2D eigenvalue weighted by molar-refractivity contribution is 7.80. The molecule has 0 unspecified atom stereocenters. The number of aromatic nitrogens is 2. The monoisotopic (exact) mass is 591 g/mol. The third-order valence-corrected chi connectivity index (χ3v) is 8.45. The Balaban J connectivity index is 1.64. The van der Waals surface area contributed by atoms with Gasteiger partial charge in [0.25, 0.3) is 0 Å². The average Bonchev–Trinajstić information content (AvgIpc) is 3.42. The number of amides is 1. The number of rotatable bonds is 6. The van der Waals surface area contributed by atoms with Gasteiger partial charge in [-0.2, -0.15) is 0 Å². The van der Waals surface area contributed by atoms with Gasteiger partial charge >= 0.3 is 0 Å². The Labute approximate surface area is 250 Å². The second-order valence-electron chi connectivity index (χ2n) is 10.4. The molecule has 2 aromatic heterocycles. The molecule has 0 radical (unpaired) electrons. The van der Waals surface area contributed by atoms with Crippen LogP contribution in [0.1, 0.15) is 54.1 Å². The number of hydrogen-bond donors (Lipinski definition) is 2. The van der Waals surface area contributed by atoms with Gasteiger partial charge < -0.3 is 20.1 Å². The number of pyridine rings is 1. The van der Waals surface area contributed by atoms with Crippen LogP contribution in [-0.2, 0) is 4.79 Å². The number of benzene rings is 2. The first-order chi connectivity index (χ1) is 19.1. The standard InChI is InChI=1S/C31H31Cl2N5OS/c1-17(2)30(39)35-24-13-12-21(15-18(24)3)38-29(28(36-31(38)40)25-10-6-7-14-34-25)22-16-19(4)37(20(22)5)26-11-8-9-23(32)27(26)33/h6-17,28-29H,1-5H3,(H,35,39)(H,36,40)/t28-,29+/m0/s1. The summed E-state index contributed by atoms with van der Waals surface area (Å²) in [5.74, 6) is -0.129. The molecule has 0 spiro atoms. The topological polar surface area (TPSA) is 62.2 Å². The number of nitrogens with one attached hydrogen (secondary N) is 2. The minimum Gasteiger partial charge on any atom is -0.351 e. The molecule has 2 N–H and O–H groups in total. The highest BCUT2D eigenvalue weighted by Gasteiger charge is 2.42. The molecule has 0 saturated carbocycles. The number of halogens is 2. The molecule has 3 heterocycles. The van der Waals surface area contributed by atoms with Gasteiger partial charge in [-0.05, 0) is 92.6 Å². The molecule has 1 amide bonds. The lowest BCUT2D eigenvalue weighted by molar-refractivity contribution is -0.118. The van der Waals surface area contributed by atoms with Crippen molar-refractivity contribution in [1.29, 1.82) is 0 Å². The zero-order valence-corrected chi connectivity index (χ0v) is 25.3. The number of anilines is 2. The lowest BCUT2D eigenvalue weighted by Crippen LogP contribution is -2.29. The predicted molar refractivity (Wildman–Crippen MR) is 168 cm³/mol. The number of thiocarbonyl (C=S) groups is 1. The van der Waals surface area contributed by atoms with Crippen LogP contribution in [0.4, 0.5) is 11.4 Å². The van der Waals surface area contributed by atoms with E-state index in [-0.39, 0.29) is 23.9 Å². The Kier molecular flexibility index (Phi) is 7.91. The second kappa shape index (κ2) is 11.2. The van der Waals surface area contributed by atoms with Gasteiger partial charge in [0.05, 0.1) is 33.5 Å². The van der Waals surface area contributed by atoms with E-state index in [4.69, 9.17) is 35.4 Å². The fraction of sp³-hybridized carbons (Fsp3) is 0.258. The molecular formula is C31H31Cl2N5OS. The zero-order chi connectivity index (χ0) is 28.7. The minimum atomic E-state index is -0.198. The van der Waals surface area contributed by atoms with Crippen molar-refractivity contribution in [3.8, 4) is 5.69 Å². The third kappa shape index (κ3) is 5.09. The minimum absolute atomic E-state index is 0.0191. The normalized spacial score (nSPS) is 16.9. The SMILES string of the molecule is Cc1cc(N2C(=S)N[C@@H](c3ccccn3)[C@H]2c2cc(C)n(-c3cccc(Cl)c3Cl)c2C)ccc1NC(=O)C(C)C. The van der Waals surface area contributed by atoms with E-state index >= 15 is 0 Å². The Bertz CT molecular complexity index is 1600. The summed E-state index contributed by atoms with van der Waals surface area (Å²) in [6, 6.07) is 19.3. The first kappa shape index (κ1) is 28.1. The molecule has 5 rings (SSSR count). The molecule has 40 heavy (non-hydrogen) atoms. The molecule has 0 aliphatic carbocycles. The van der Waals surface area contributed by atoms with E-state index in [2.05, 4.69) is 51.1 Å². The maximum atomic E-state index is 12.3.